The highest BCUT2D eigenvalue weighted by molar-refractivity contribution is 5.93. The van der Waals surface area contributed by atoms with Crippen LogP contribution in [0.1, 0.15) is 26.2 Å². The zero-order chi connectivity index (χ0) is 17.1. The standard InChI is InChI=1S/C15H27N5O3/c1-9(17-2)14(22)18-11-8-19(3)7-6-10-4-5-12(13(16)21)20(10)15(11)23/h9-12,17H,4-8H2,1-3H3,(H2,16,21)(H,18,22)/t9-,10+,11?,12-/m0/s1. The van der Waals surface area contributed by atoms with Gasteiger partial charge < -0.3 is 26.2 Å². The van der Waals surface area contributed by atoms with Gasteiger partial charge in [-0.05, 0) is 46.8 Å². The van der Waals surface area contributed by atoms with Gasteiger partial charge in [-0.1, -0.05) is 0 Å². The van der Waals surface area contributed by atoms with Crippen molar-refractivity contribution in [2.24, 2.45) is 5.73 Å². The van der Waals surface area contributed by atoms with Crippen LogP contribution in [0.4, 0.5) is 0 Å². The summed E-state index contributed by atoms with van der Waals surface area (Å²) in [5.41, 5.74) is 5.46. The molecule has 23 heavy (non-hydrogen) atoms. The Bertz CT molecular complexity index is 484. The van der Waals surface area contributed by atoms with E-state index in [0.717, 1.165) is 19.4 Å². The predicted octanol–water partition coefficient (Wildman–Crippen LogP) is -1.74. The maximum absolute atomic E-state index is 12.9. The van der Waals surface area contributed by atoms with Crippen LogP contribution in [0.2, 0.25) is 0 Å². The van der Waals surface area contributed by atoms with Gasteiger partial charge >= 0.3 is 0 Å². The SMILES string of the molecule is CN[C@@H](C)C(=O)NC1CN(C)CC[C@H]2CC[C@@H](C(N)=O)N2C1=O. The molecule has 0 aliphatic carbocycles. The Balaban J connectivity index is 2.20. The van der Waals surface area contributed by atoms with Crippen LogP contribution >= 0.6 is 0 Å². The normalized spacial score (nSPS) is 30.3. The monoisotopic (exact) mass is 325 g/mol. The number of nitrogens with two attached hydrogens (primary N) is 1. The molecule has 4 N–H and O–H groups in total. The molecule has 2 fully saturated rings. The predicted molar refractivity (Wildman–Crippen MR) is 85.4 cm³/mol. The number of carbonyl (C=O) groups excluding carboxylic acids is 3. The fraction of sp³-hybridized carbons (Fsp3) is 0.800. The van der Waals surface area contributed by atoms with Gasteiger partial charge in [0.1, 0.15) is 12.1 Å². The highest BCUT2D eigenvalue weighted by Gasteiger charge is 2.43. The summed E-state index contributed by atoms with van der Waals surface area (Å²) in [6.45, 7) is 2.97. The summed E-state index contributed by atoms with van der Waals surface area (Å²) in [5.74, 6) is -0.908. The van der Waals surface area contributed by atoms with Gasteiger partial charge in [0.25, 0.3) is 0 Å². The number of rotatable bonds is 4. The Kier molecular flexibility index (Phi) is 5.59. The van der Waals surface area contributed by atoms with Crippen LogP contribution in [0.5, 0.6) is 0 Å². The molecule has 130 valence electrons. The summed E-state index contributed by atoms with van der Waals surface area (Å²) in [7, 11) is 3.63. The lowest BCUT2D eigenvalue weighted by Gasteiger charge is -2.37. The summed E-state index contributed by atoms with van der Waals surface area (Å²) in [4.78, 5) is 40.4. The Hall–Kier alpha value is -1.67. The lowest BCUT2D eigenvalue weighted by atomic mass is 10.1. The number of nitrogens with one attached hydrogen (secondary N) is 2. The van der Waals surface area contributed by atoms with Crippen molar-refractivity contribution in [1.82, 2.24) is 20.4 Å². The van der Waals surface area contributed by atoms with E-state index in [2.05, 4.69) is 10.6 Å². The third-order valence-electron chi connectivity index (χ3n) is 4.86. The van der Waals surface area contributed by atoms with Gasteiger partial charge in [-0.2, -0.15) is 0 Å². The van der Waals surface area contributed by atoms with E-state index in [-0.39, 0.29) is 23.9 Å². The third-order valence-corrected chi connectivity index (χ3v) is 4.86. The largest absolute Gasteiger partial charge is 0.368 e. The van der Waals surface area contributed by atoms with E-state index in [1.807, 2.05) is 11.9 Å². The molecule has 2 rings (SSSR count). The van der Waals surface area contributed by atoms with Crippen LogP contribution < -0.4 is 16.4 Å². The van der Waals surface area contributed by atoms with E-state index in [4.69, 9.17) is 5.73 Å². The van der Waals surface area contributed by atoms with Crippen molar-refractivity contribution in [3.63, 3.8) is 0 Å². The first-order valence-corrected chi connectivity index (χ1v) is 8.12. The van der Waals surface area contributed by atoms with Crippen molar-refractivity contribution in [3.05, 3.63) is 0 Å². The van der Waals surface area contributed by atoms with E-state index >= 15 is 0 Å². The first kappa shape index (κ1) is 17.7. The average Bonchev–Trinajstić information content (AvgIpc) is 2.93. The molecule has 2 aliphatic heterocycles. The molecule has 0 aromatic heterocycles. The molecule has 3 amide bonds. The molecule has 0 aromatic carbocycles. The first-order valence-electron chi connectivity index (χ1n) is 8.12. The number of nitrogens with zero attached hydrogens (tertiary/aromatic N) is 2. The zero-order valence-electron chi connectivity index (χ0n) is 14.0. The van der Waals surface area contributed by atoms with Crippen molar-refractivity contribution in [1.29, 1.82) is 0 Å². The highest BCUT2D eigenvalue weighted by atomic mass is 16.2. The second-order valence-corrected chi connectivity index (χ2v) is 6.52. The molecule has 8 nitrogen and oxygen atoms in total. The van der Waals surface area contributed by atoms with E-state index in [1.165, 1.54) is 0 Å². The molecule has 8 heteroatoms. The smallest absolute Gasteiger partial charge is 0.247 e. The highest BCUT2D eigenvalue weighted by Crippen LogP contribution is 2.28. The second-order valence-electron chi connectivity index (χ2n) is 6.52. The van der Waals surface area contributed by atoms with E-state index < -0.39 is 18.0 Å². The minimum Gasteiger partial charge on any atom is -0.368 e. The van der Waals surface area contributed by atoms with Crippen molar-refractivity contribution in [2.75, 3.05) is 27.2 Å². The summed E-state index contributed by atoms with van der Waals surface area (Å²) < 4.78 is 0. The molecule has 2 heterocycles. The van der Waals surface area contributed by atoms with Crippen LogP contribution in [0.3, 0.4) is 0 Å². The average molecular weight is 325 g/mol. The molecule has 1 unspecified atom stereocenters. The maximum Gasteiger partial charge on any atom is 0.247 e. The fourth-order valence-corrected chi connectivity index (χ4v) is 3.34. The number of hydrogen-bond acceptors (Lipinski definition) is 5. The quantitative estimate of drug-likeness (QED) is 0.569. The number of hydrogen-bond donors (Lipinski definition) is 3. The number of primary amides is 1. The van der Waals surface area contributed by atoms with Crippen molar-refractivity contribution in [2.45, 2.75) is 50.4 Å². The summed E-state index contributed by atoms with van der Waals surface area (Å²) >= 11 is 0. The van der Waals surface area contributed by atoms with Crippen LogP contribution in [0.15, 0.2) is 0 Å². The molecule has 0 spiro atoms. The first-order chi connectivity index (χ1) is 10.8. The van der Waals surface area contributed by atoms with Gasteiger partial charge in [0, 0.05) is 12.6 Å². The third kappa shape index (κ3) is 3.81. The molecular weight excluding hydrogens is 298 g/mol. The van der Waals surface area contributed by atoms with Crippen molar-refractivity contribution >= 4 is 17.7 Å². The topological polar surface area (TPSA) is 108 Å². The Morgan fingerprint density at radius 1 is 1.30 bits per heavy atom. The molecule has 0 bridgehead atoms. The number of amides is 3. The zero-order valence-corrected chi connectivity index (χ0v) is 14.0. The lowest BCUT2D eigenvalue weighted by molar-refractivity contribution is -0.144. The summed E-state index contributed by atoms with van der Waals surface area (Å²) in [6, 6.07) is -1.59. The molecule has 2 aliphatic rings. The number of fused-ring (bicyclic) bond motifs is 1. The summed E-state index contributed by atoms with van der Waals surface area (Å²) in [6.07, 6.45) is 2.20. The van der Waals surface area contributed by atoms with Crippen molar-refractivity contribution < 1.29 is 14.4 Å². The molecular formula is C15H27N5O3. The minimum atomic E-state index is -0.661. The van der Waals surface area contributed by atoms with Gasteiger partial charge in [-0.25, -0.2) is 0 Å². The maximum atomic E-state index is 12.9. The Morgan fingerprint density at radius 2 is 2.00 bits per heavy atom. The second kappa shape index (κ2) is 7.27. The van der Waals surface area contributed by atoms with Gasteiger partial charge in [-0.3, -0.25) is 14.4 Å². The van der Waals surface area contributed by atoms with Gasteiger partial charge in [0.2, 0.25) is 17.7 Å². The minimum absolute atomic E-state index is 0.0175. The molecule has 0 saturated carbocycles. The van der Waals surface area contributed by atoms with E-state index in [1.54, 1.807) is 18.9 Å². The van der Waals surface area contributed by atoms with E-state index in [9.17, 15) is 14.4 Å². The molecule has 2 saturated heterocycles. The molecule has 0 aromatic rings. The molecule has 0 radical (unpaired) electrons. The Labute approximate surface area is 136 Å². The van der Waals surface area contributed by atoms with Crippen LogP contribution in [-0.2, 0) is 14.4 Å². The van der Waals surface area contributed by atoms with Gasteiger partial charge in [-0.15, -0.1) is 0 Å². The van der Waals surface area contributed by atoms with Crippen LogP contribution in [0.25, 0.3) is 0 Å². The lowest BCUT2D eigenvalue weighted by Crippen LogP contribution is -2.61. The number of likely N-dealkylation sites (N-methyl/N-ethyl adjacent to an activating group) is 2. The number of carbonyl (C=O) groups is 3. The van der Waals surface area contributed by atoms with Gasteiger partial charge in [0.15, 0.2) is 0 Å². The van der Waals surface area contributed by atoms with Crippen molar-refractivity contribution in [3.8, 4) is 0 Å². The molecule has 4 atom stereocenters. The van der Waals surface area contributed by atoms with Crippen LogP contribution in [-0.4, -0.2) is 78.9 Å². The fourth-order valence-electron chi connectivity index (χ4n) is 3.34. The van der Waals surface area contributed by atoms with E-state index in [0.29, 0.717) is 13.0 Å². The Morgan fingerprint density at radius 3 is 2.61 bits per heavy atom. The van der Waals surface area contributed by atoms with Crippen LogP contribution in [0, 0.1) is 0 Å². The summed E-state index contributed by atoms with van der Waals surface area (Å²) in [5, 5.41) is 5.66. The van der Waals surface area contributed by atoms with Gasteiger partial charge in [0.05, 0.1) is 6.04 Å².